The van der Waals surface area contributed by atoms with Crippen LogP contribution in [0.4, 0.5) is 17.1 Å². The van der Waals surface area contributed by atoms with Gasteiger partial charge in [-0.1, -0.05) is 54.6 Å². The highest BCUT2D eigenvalue weighted by atomic mass is 32.2. The van der Waals surface area contributed by atoms with E-state index in [-0.39, 0.29) is 45.0 Å². The number of carbonyl (C=O) groups is 3. The maximum Gasteiger partial charge on any atom is 0.320 e. The summed E-state index contributed by atoms with van der Waals surface area (Å²) in [6.45, 7) is 1.41. The van der Waals surface area contributed by atoms with Crippen LogP contribution in [0, 0.1) is 0 Å². The lowest BCUT2D eigenvalue weighted by atomic mass is 9.93. The predicted molar refractivity (Wildman–Crippen MR) is 165 cm³/mol. The number of benzene rings is 4. The maximum absolute atomic E-state index is 13.3. The zero-order valence-electron chi connectivity index (χ0n) is 23.7. The second kappa shape index (κ2) is 12.2. The number of sulfonamides is 1. The number of aliphatic carboxylic acids is 2. The Kier molecular flexibility index (Phi) is 8.85. The third kappa shape index (κ3) is 6.51. The van der Waals surface area contributed by atoms with Crippen molar-refractivity contribution in [2.45, 2.75) is 30.2 Å². The third-order valence-electron chi connectivity index (χ3n) is 7.17. The van der Waals surface area contributed by atoms with E-state index in [2.05, 4.69) is 5.32 Å². The number of carboxylic acid groups (broad SMARTS) is 2. The number of fused-ring (bicyclic) bond motifs is 1. The number of carboxylic acids is 2. The molecule has 0 radical (unpaired) electrons. The Balaban J connectivity index is 2.05. The summed E-state index contributed by atoms with van der Waals surface area (Å²) in [5, 5.41) is 29.0. The van der Waals surface area contributed by atoms with Gasteiger partial charge in [-0.05, 0) is 36.2 Å². The molecular weight excluding hydrogens is 572 g/mol. The van der Waals surface area contributed by atoms with Gasteiger partial charge in [-0.2, -0.15) is 0 Å². The van der Waals surface area contributed by atoms with Crippen LogP contribution in [-0.2, 0) is 26.0 Å². The summed E-state index contributed by atoms with van der Waals surface area (Å²) in [6.07, 6.45) is -0.176. The maximum atomic E-state index is 13.3. The first kappa shape index (κ1) is 31.2. The molecule has 0 fully saturated rings. The number of carbonyl (C=O) groups excluding carboxylic acids is 1. The van der Waals surface area contributed by atoms with Crippen LogP contribution in [0.1, 0.15) is 39.9 Å². The SMILES string of the molecule is CC(C(=O)O)c1cc2c(N(C)C)cccc2c(S(N)(=O)=O)c1Nc1cc(C(=O)c2ccccc2)ccc1C[C@H](N)C(=O)O. The van der Waals surface area contributed by atoms with Crippen molar-refractivity contribution in [1.82, 2.24) is 0 Å². The van der Waals surface area contributed by atoms with Crippen molar-refractivity contribution in [3.8, 4) is 0 Å². The highest BCUT2D eigenvalue weighted by Gasteiger charge is 2.29. The van der Waals surface area contributed by atoms with E-state index in [0.717, 1.165) is 0 Å². The second-order valence-corrected chi connectivity index (χ2v) is 11.9. The van der Waals surface area contributed by atoms with Crippen molar-refractivity contribution >= 4 is 55.6 Å². The van der Waals surface area contributed by atoms with Crippen LogP contribution in [0.25, 0.3) is 10.8 Å². The van der Waals surface area contributed by atoms with Gasteiger partial charge < -0.3 is 26.2 Å². The molecule has 4 aromatic rings. The van der Waals surface area contributed by atoms with Crippen LogP contribution < -0.4 is 21.1 Å². The van der Waals surface area contributed by atoms with E-state index < -0.39 is 33.9 Å². The number of nitrogens with one attached hydrogen (secondary N) is 1. The standard InChI is InChI=1S/C31H32N4O7S/c1-17(30(37)38)22-16-23-21(10-7-11-26(23)35(2)3)29(43(33,41)42)27(22)34-25-15-20(28(36)18-8-5-4-6-9-18)13-12-19(25)14-24(32)31(39)40/h4-13,15-17,24,34H,14,32H2,1-3H3,(H,37,38)(H,39,40)(H2,33,41,42)/t17?,24-/m0/s1. The lowest BCUT2D eigenvalue weighted by Gasteiger charge is -2.24. The Hall–Kier alpha value is -4.78. The zero-order chi connectivity index (χ0) is 31.6. The van der Waals surface area contributed by atoms with Gasteiger partial charge in [0, 0.05) is 53.8 Å². The molecule has 0 heterocycles. The first-order valence-corrected chi connectivity index (χ1v) is 14.8. The average Bonchev–Trinajstić information content (AvgIpc) is 2.95. The average molecular weight is 605 g/mol. The number of hydrogen-bond donors (Lipinski definition) is 5. The summed E-state index contributed by atoms with van der Waals surface area (Å²) in [4.78, 5) is 38.6. The first-order valence-electron chi connectivity index (χ1n) is 13.2. The van der Waals surface area contributed by atoms with Crippen LogP contribution in [0.2, 0.25) is 0 Å². The van der Waals surface area contributed by atoms with Crippen molar-refractivity contribution < 1.29 is 33.0 Å². The van der Waals surface area contributed by atoms with Gasteiger partial charge in [-0.3, -0.25) is 14.4 Å². The highest BCUT2D eigenvalue weighted by molar-refractivity contribution is 7.89. The molecule has 0 amide bonds. The number of nitrogens with two attached hydrogens (primary N) is 2. The molecule has 0 aromatic heterocycles. The van der Waals surface area contributed by atoms with E-state index in [0.29, 0.717) is 22.2 Å². The lowest BCUT2D eigenvalue weighted by molar-refractivity contribution is -0.139. The summed E-state index contributed by atoms with van der Waals surface area (Å²) in [5.74, 6) is -4.01. The van der Waals surface area contributed by atoms with E-state index in [1.165, 1.54) is 25.1 Å². The molecule has 0 aliphatic rings. The fourth-order valence-electron chi connectivity index (χ4n) is 4.91. The molecule has 4 rings (SSSR count). The normalized spacial score (nSPS) is 12.9. The quantitative estimate of drug-likeness (QED) is 0.158. The van der Waals surface area contributed by atoms with Gasteiger partial charge in [0.15, 0.2) is 5.78 Å². The van der Waals surface area contributed by atoms with Crippen molar-refractivity contribution in [3.05, 3.63) is 95.1 Å². The Bertz CT molecular complexity index is 1840. The van der Waals surface area contributed by atoms with Crippen LogP contribution >= 0.6 is 0 Å². The Morgan fingerprint density at radius 2 is 1.56 bits per heavy atom. The van der Waals surface area contributed by atoms with Crippen molar-refractivity contribution in [3.63, 3.8) is 0 Å². The number of hydrogen-bond acceptors (Lipinski definition) is 8. The fourth-order valence-corrected chi connectivity index (χ4v) is 5.85. The third-order valence-corrected chi connectivity index (χ3v) is 8.16. The highest BCUT2D eigenvalue weighted by Crippen LogP contribution is 2.42. The van der Waals surface area contributed by atoms with Gasteiger partial charge in [-0.15, -0.1) is 0 Å². The predicted octanol–water partition coefficient (Wildman–Crippen LogP) is 3.67. The van der Waals surface area contributed by atoms with E-state index >= 15 is 0 Å². The van der Waals surface area contributed by atoms with Crippen LogP contribution in [0.3, 0.4) is 0 Å². The van der Waals surface area contributed by atoms with E-state index in [9.17, 15) is 33.0 Å². The Morgan fingerprint density at radius 1 is 0.884 bits per heavy atom. The second-order valence-electron chi connectivity index (χ2n) is 10.4. The zero-order valence-corrected chi connectivity index (χ0v) is 24.6. The molecule has 2 atom stereocenters. The fraction of sp³-hybridized carbons (Fsp3) is 0.194. The van der Waals surface area contributed by atoms with E-state index in [1.807, 2.05) is 0 Å². The number of primary sulfonamides is 1. The minimum atomic E-state index is -4.48. The monoisotopic (exact) mass is 604 g/mol. The van der Waals surface area contributed by atoms with Gasteiger partial charge in [-0.25, -0.2) is 13.6 Å². The molecule has 7 N–H and O–H groups in total. The number of anilines is 3. The number of rotatable bonds is 11. The van der Waals surface area contributed by atoms with E-state index in [1.54, 1.807) is 73.6 Å². The van der Waals surface area contributed by atoms with Gasteiger partial charge in [0.25, 0.3) is 0 Å². The van der Waals surface area contributed by atoms with Crippen LogP contribution in [-0.4, -0.2) is 56.5 Å². The van der Waals surface area contributed by atoms with Crippen molar-refractivity contribution in [1.29, 1.82) is 0 Å². The van der Waals surface area contributed by atoms with Gasteiger partial charge in [0.05, 0.1) is 11.6 Å². The summed E-state index contributed by atoms with van der Waals surface area (Å²) in [5.41, 5.74) is 7.65. The van der Waals surface area contributed by atoms with Gasteiger partial charge in [0.2, 0.25) is 10.0 Å². The molecule has 0 saturated carbocycles. The topological polar surface area (TPSA) is 193 Å². The molecule has 0 saturated heterocycles. The molecule has 224 valence electrons. The Labute approximate surface area is 248 Å². The van der Waals surface area contributed by atoms with Crippen LogP contribution in [0.15, 0.2) is 77.7 Å². The lowest BCUT2D eigenvalue weighted by Crippen LogP contribution is -2.32. The molecule has 43 heavy (non-hydrogen) atoms. The molecule has 0 aliphatic carbocycles. The van der Waals surface area contributed by atoms with Crippen molar-refractivity contribution in [2.75, 3.05) is 24.3 Å². The first-order chi connectivity index (χ1) is 20.2. The minimum absolute atomic E-state index is 0.102. The number of ketones is 1. The summed E-state index contributed by atoms with van der Waals surface area (Å²) >= 11 is 0. The molecule has 0 bridgehead atoms. The molecular formula is C31H32N4O7S. The molecule has 11 nitrogen and oxygen atoms in total. The summed E-state index contributed by atoms with van der Waals surface area (Å²) in [6, 6.07) is 18.3. The van der Waals surface area contributed by atoms with Gasteiger partial charge >= 0.3 is 11.9 Å². The molecule has 12 heteroatoms. The molecule has 1 unspecified atom stereocenters. The summed E-state index contributed by atoms with van der Waals surface area (Å²) < 4.78 is 26.4. The molecule has 0 spiro atoms. The number of nitrogens with zero attached hydrogens (tertiary/aromatic N) is 1. The van der Waals surface area contributed by atoms with Gasteiger partial charge in [0.1, 0.15) is 10.9 Å². The minimum Gasteiger partial charge on any atom is -0.481 e. The smallest absolute Gasteiger partial charge is 0.320 e. The summed E-state index contributed by atoms with van der Waals surface area (Å²) in [7, 11) is -0.945. The van der Waals surface area contributed by atoms with Crippen molar-refractivity contribution in [2.24, 2.45) is 10.9 Å². The molecule has 0 aliphatic heterocycles. The van der Waals surface area contributed by atoms with Crippen LogP contribution in [0.5, 0.6) is 0 Å². The van der Waals surface area contributed by atoms with E-state index in [4.69, 9.17) is 10.9 Å². The molecule has 4 aromatic carbocycles. The Morgan fingerprint density at radius 3 is 2.14 bits per heavy atom. The largest absolute Gasteiger partial charge is 0.481 e.